The van der Waals surface area contributed by atoms with Gasteiger partial charge in [0.15, 0.2) is 0 Å². The number of nitrogens with zero attached hydrogens (tertiary/aromatic N) is 2. The predicted molar refractivity (Wildman–Crippen MR) is 79.7 cm³/mol. The molecule has 0 unspecified atom stereocenters. The fourth-order valence-electron chi connectivity index (χ4n) is 2.06. The molecule has 4 heteroatoms. The summed E-state index contributed by atoms with van der Waals surface area (Å²) < 4.78 is 3.40. The van der Waals surface area contributed by atoms with Crippen LogP contribution >= 0.6 is 15.9 Å². The lowest BCUT2D eigenvalue weighted by Crippen LogP contribution is -2.24. The molecule has 0 atom stereocenters. The number of imidazole rings is 1. The summed E-state index contributed by atoms with van der Waals surface area (Å²) in [5.74, 6) is 1.12. The maximum atomic E-state index is 4.73. The molecule has 18 heavy (non-hydrogen) atoms. The Balaban J connectivity index is 2.40. The van der Waals surface area contributed by atoms with E-state index in [0.29, 0.717) is 6.04 Å². The number of benzene rings is 1. The van der Waals surface area contributed by atoms with Gasteiger partial charge in [-0.25, -0.2) is 4.98 Å². The first kappa shape index (κ1) is 13.6. The minimum atomic E-state index is 0.478. The highest BCUT2D eigenvalue weighted by Crippen LogP contribution is 2.21. The molecule has 0 saturated carbocycles. The molecule has 3 nitrogen and oxygen atoms in total. The highest BCUT2D eigenvalue weighted by molar-refractivity contribution is 9.10. The van der Waals surface area contributed by atoms with Crippen LogP contribution in [0.15, 0.2) is 22.7 Å². The molecule has 0 aliphatic heterocycles. The summed E-state index contributed by atoms with van der Waals surface area (Å²) in [6.07, 6.45) is 1.12. The van der Waals surface area contributed by atoms with Crippen molar-refractivity contribution < 1.29 is 0 Å². The molecule has 1 heterocycles. The molecule has 98 valence electrons. The first-order valence-corrected chi connectivity index (χ1v) is 7.29. The maximum Gasteiger partial charge on any atom is 0.123 e. The van der Waals surface area contributed by atoms with Crippen LogP contribution in [0.5, 0.6) is 0 Å². The van der Waals surface area contributed by atoms with Gasteiger partial charge in [0.05, 0.1) is 17.6 Å². The highest BCUT2D eigenvalue weighted by atomic mass is 79.9. The summed E-state index contributed by atoms with van der Waals surface area (Å²) in [5.41, 5.74) is 2.29. The second-order valence-electron chi connectivity index (χ2n) is 4.85. The monoisotopic (exact) mass is 309 g/mol. The van der Waals surface area contributed by atoms with Crippen molar-refractivity contribution in [1.29, 1.82) is 0 Å². The number of fused-ring (bicyclic) bond motifs is 1. The smallest absolute Gasteiger partial charge is 0.123 e. The SMILES string of the molecule is CCCn1c(CNC(C)C)nc2cc(Br)ccc21. The molecule has 0 radical (unpaired) electrons. The van der Waals surface area contributed by atoms with Crippen LogP contribution in [0.3, 0.4) is 0 Å². The second-order valence-corrected chi connectivity index (χ2v) is 5.76. The lowest BCUT2D eigenvalue weighted by atomic mass is 10.3. The van der Waals surface area contributed by atoms with Crippen molar-refractivity contribution in [3.05, 3.63) is 28.5 Å². The van der Waals surface area contributed by atoms with Crippen LogP contribution < -0.4 is 5.32 Å². The van der Waals surface area contributed by atoms with Gasteiger partial charge in [-0.2, -0.15) is 0 Å². The Morgan fingerprint density at radius 2 is 2.17 bits per heavy atom. The molecule has 1 aromatic heterocycles. The Morgan fingerprint density at radius 1 is 1.39 bits per heavy atom. The first-order chi connectivity index (χ1) is 8.61. The van der Waals surface area contributed by atoms with Crippen LogP contribution in [0.1, 0.15) is 33.0 Å². The molecule has 1 aromatic carbocycles. The van der Waals surface area contributed by atoms with Crippen LogP contribution in [0.2, 0.25) is 0 Å². The van der Waals surface area contributed by atoms with E-state index < -0.39 is 0 Å². The van der Waals surface area contributed by atoms with Crippen molar-refractivity contribution in [2.45, 2.75) is 46.3 Å². The van der Waals surface area contributed by atoms with E-state index in [1.165, 1.54) is 5.52 Å². The van der Waals surface area contributed by atoms with Crippen LogP contribution in [-0.2, 0) is 13.1 Å². The maximum absolute atomic E-state index is 4.73. The standard InChI is InChI=1S/C14H20BrN3/c1-4-7-18-13-6-5-11(15)8-12(13)17-14(18)9-16-10(2)3/h5-6,8,10,16H,4,7,9H2,1-3H3. The van der Waals surface area contributed by atoms with E-state index in [1.54, 1.807) is 0 Å². The number of nitrogens with one attached hydrogen (secondary N) is 1. The average Bonchev–Trinajstić information content (AvgIpc) is 2.64. The second kappa shape index (κ2) is 5.85. The Hall–Kier alpha value is -0.870. The van der Waals surface area contributed by atoms with E-state index in [0.717, 1.165) is 35.3 Å². The molecule has 0 aliphatic carbocycles. The van der Waals surface area contributed by atoms with Crippen molar-refractivity contribution in [2.75, 3.05) is 0 Å². The number of aryl methyl sites for hydroxylation is 1. The minimum absolute atomic E-state index is 0.478. The summed E-state index contributed by atoms with van der Waals surface area (Å²) in [4.78, 5) is 4.73. The van der Waals surface area contributed by atoms with Crippen LogP contribution in [0, 0.1) is 0 Å². The Bertz CT molecular complexity index is 531. The molecular weight excluding hydrogens is 290 g/mol. The van der Waals surface area contributed by atoms with Gasteiger partial charge < -0.3 is 9.88 Å². The van der Waals surface area contributed by atoms with Gasteiger partial charge in [0.1, 0.15) is 5.82 Å². The van der Waals surface area contributed by atoms with Gasteiger partial charge in [0.25, 0.3) is 0 Å². The van der Waals surface area contributed by atoms with Crippen LogP contribution in [0.4, 0.5) is 0 Å². The van der Waals surface area contributed by atoms with Gasteiger partial charge in [-0.05, 0) is 24.6 Å². The molecule has 0 amide bonds. The quantitative estimate of drug-likeness (QED) is 0.912. The number of aromatic nitrogens is 2. The lowest BCUT2D eigenvalue weighted by Gasteiger charge is -2.10. The van der Waals surface area contributed by atoms with E-state index >= 15 is 0 Å². The fraction of sp³-hybridized carbons (Fsp3) is 0.500. The van der Waals surface area contributed by atoms with Crippen molar-refractivity contribution in [3.63, 3.8) is 0 Å². The average molecular weight is 310 g/mol. The number of rotatable bonds is 5. The summed E-state index contributed by atoms with van der Waals surface area (Å²) >= 11 is 3.50. The van der Waals surface area contributed by atoms with Crippen molar-refractivity contribution in [3.8, 4) is 0 Å². The number of hydrogen-bond acceptors (Lipinski definition) is 2. The zero-order valence-electron chi connectivity index (χ0n) is 11.2. The first-order valence-electron chi connectivity index (χ1n) is 6.50. The third kappa shape index (κ3) is 2.93. The van der Waals surface area contributed by atoms with Gasteiger partial charge in [-0.1, -0.05) is 36.7 Å². The van der Waals surface area contributed by atoms with Crippen molar-refractivity contribution in [2.24, 2.45) is 0 Å². The van der Waals surface area contributed by atoms with Crippen LogP contribution in [-0.4, -0.2) is 15.6 Å². The van der Waals surface area contributed by atoms with E-state index in [9.17, 15) is 0 Å². The Kier molecular flexibility index (Phi) is 4.40. The molecule has 0 fully saturated rings. The van der Waals surface area contributed by atoms with E-state index in [-0.39, 0.29) is 0 Å². The third-order valence-corrected chi connectivity index (χ3v) is 3.40. The van der Waals surface area contributed by atoms with E-state index in [1.807, 2.05) is 0 Å². The molecule has 0 saturated heterocycles. The Labute approximate surface area is 117 Å². The molecule has 2 aromatic rings. The highest BCUT2D eigenvalue weighted by Gasteiger charge is 2.10. The normalized spacial score (nSPS) is 11.6. The molecule has 1 N–H and O–H groups in total. The minimum Gasteiger partial charge on any atom is -0.327 e. The third-order valence-electron chi connectivity index (χ3n) is 2.90. The van der Waals surface area contributed by atoms with E-state index in [2.05, 4.69) is 64.8 Å². The summed E-state index contributed by atoms with van der Waals surface area (Å²) in [6, 6.07) is 6.78. The Morgan fingerprint density at radius 3 is 2.83 bits per heavy atom. The molecule has 2 rings (SSSR count). The van der Waals surface area contributed by atoms with Gasteiger partial charge in [-0.15, -0.1) is 0 Å². The van der Waals surface area contributed by atoms with Gasteiger partial charge in [-0.3, -0.25) is 0 Å². The predicted octanol–water partition coefficient (Wildman–Crippen LogP) is 3.71. The van der Waals surface area contributed by atoms with Gasteiger partial charge in [0.2, 0.25) is 0 Å². The largest absolute Gasteiger partial charge is 0.327 e. The zero-order valence-corrected chi connectivity index (χ0v) is 12.8. The van der Waals surface area contributed by atoms with Gasteiger partial charge in [0, 0.05) is 17.1 Å². The summed E-state index contributed by atoms with van der Waals surface area (Å²) in [7, 11) is 0. The molecule has 0 aliphatic rings. The van der Waals surface area contributed by atoms with Gasteiger partial charge >= 0.3 is 0 Å². The van der Waals surface area contributed by atoms with E-state index in [4.69, 9.17) is 4.98 Å². The topological polar surface area (TPSA) is 29.9 Å². The molecule has 0 spiro atoms. The number of hydrogen-bond donors (Lipinski definition) is 1. The van der Waals surface area contributed by atoms with Crippen LogP contribution in [0.25, 0.3) is 11.0 Å². The lowest BCUT2D eigenvalue weighted by molar-refractivity contribution is 0.546. The summed E-state index contributed by atoms with van der Waals surface area (Å²) in [5, 5.41) is 3.44. The fourth-order valence-corrected chi connectivity index (χ4v) is 2.41. The zero-order chi connectivity index (χ0) is 13.1. The van der Waals surface area contributed by atoms with Crippen molar-refractivity contribution in [1.82, 2.24) is 14.9 Å². The molecular formula is C14H20BrN3. The number of halogens is 1. The summed E-state index contributed by atoms with van der Waals surface area (Å²) in [6.45, 7) is 8.36. The van der Waals surface area contributed by atoms with Crippen molar-refractivity contribution >= 4 is 27.0 Å². The molecule has 0 bridgehead atoms.